The van der Waals surface area contributed by atoms with Gasteiger partial charge in [-0.3, -0.25) is 0 Å². The van der Waals surface area contributed by atoms with Crippen LogP contribution in [0.25, 0.3) is 11.1 Å². The van der Waals surface area contributed by atoms with Crippen LogP contribution in [-0.2, 0) is 35.8 Å². The molecule has 30 heavy (non-hydrogen) atoms. The molecule has 3 aromatic carbocycles. The zero-order valence-corrected chi connectivity index (χ0v) is 16.8. The molecule has 3 nitrogen and oxygen atoms in total. The van der Waals surface area contributed by atoms with Crippen molar-refractivity contribution < 1.29 is 25.8 Å². The molecule has 0 heterocycles. The van der Waals surface area contributed by atoms with Gasteiger partial charge in [0.25, 0.3) is 0 Å². The van der Waals surface area contributed by atoms with Crippen molar-refractivity contribution >= 4 is 10.1 Å². The quantitative estimate of drug-likeness (QED) is 0.407. The van der Waals surface area contributed by atoms with Gasteiger partial charge in [0, 0.05) is 0 Å². The molecule has 4 bridgehead atoms. The second-order valence-corrected chi connectivity index (χ2v) is 8.82. The molecule has 0 radical (unpaired) electrons. The molecule has 0 unspecified atom stereocenters. The van der Waals surface area contributed by atoms with E-state index in [1.165, 1.54) is 6.07 Å². The van der Waals surface area contributed by atoms with Gasteiger partial charge >= 0.3 is 15.6 Å². The average Bonchev–Trinajstić information content (AvgIpc) is 2.70. The first-order valence-electron chi connectivity index (χ1n) is 9.53. The molecular weight excluding hydrogens is 413 g/mol. The Hall–Kier alpha value is -2.80. The van der Waals surface area contributed by atoms with Crippen molar-refractivity contribution in [2.45, 2.75) is 31.2 Å². The van der Waals surface area contributed by atoms with Crippen molar-refractivity contribution in [2.75, 3.05) is 0 Å². The first kappa shape index (κ1) is 20.5. The third-order valence-corrected chi connectivity index (χ3v) is 6.21. The van der Waals surface area contributed by atoms with Gasteiger partial charge in [0.05, 0.1) is 0 Å². The maximum atomic E-state index is 12.9. The lowest BCUT2D eigenvalue weighted by Gasteiger charge is -2.19. The SMILES string of the molecule is O=S(=O)(Oc1cc2c(-c3ccccc3)cc1CCc1ccc(cc1)CC2)C(F)(F)F. The van der Waals surface area contributed by atoms with Gasteiger partial charge in [0.15, 0.2) is 0 Å². The zero-order chi connectivity index (χ0) is 21.4. The van der Waals surface area contributed by atoms with Crippen LogP contribution in [0.2, 0.25) is 0 Å². The Bertz CT molecular complexity index is 1150. The molecule has 4 aliphatic carbocycles. The maximum Gasteiger partial charge on any atom is 0.534 e. The monoisotopic (exact) mass is 432 g/mol. The maximum absolute atomic E-state index is 12.9. The number of halogens is 3. The van der Waals surface area contributed by atoms with E-state index in [-0.39, 0.29) is 5.75 Å². The third kappa shape index (κ3) is 4.21. The number of hydrogen-bond acceptors (Lipinski definition) is 3. The summed E-state index contributed by atoms with van der Waals surface area (Å²) in [6.45, 7) is 0. The molecule has 0 amide bonds. The lowest BCUT2D eigenvalue weighted by molar-refractivity contribution is -0.0500. The number of benzene rings is 3. The van der Waals surface area contributed by atoms with Crippen LogP contribution in [-0.4, -0.2) is 13.9 Å². The Morgan fingerprint density at radius 1 is 0.733 bits per heavy atom. The molecule has 3 aromatic rings. The summed E-state index contributed by atoms with van der Waals surface area (Å²) in [6, 6.07) is 20.8. The Morgan fingerprint density at radius 2 is 1.30 bits per heavy atom. The molecule has 0 aliphatic heterocycles. The molecule has 0 saturated carbocycles. The van der Waals surface area contributed by atoms with Crippen molar-refractivity contribution in [2.24, 2.45) is 0 Å². The summed E-state index contributed by atoms with van der Waals surface area (Å²) >= 11 is 0. The summed E-state index contributed by atoms with van der Waals surface area (Å²) in [5.74, 6) is -0.253. The minimum Gasteiger partial charge on any atom is -0.376 e. The third-order valence-electron chi connectivity index (χ3n) is 5.24. The smallest absolute Gasteiger partial charge is 0.376 e. The molecule has 0 saturated heterocycles. The summed E-state index contributed by atoms with van der Waals surface area (Å²) in [5, 5.41) is 0. The summed E-state index contributed by atoms with van der Waals surface area (Å²) < 4.78 is 66.8. The predicted octanol–water partition coefficient (Wildman–Crippen LogP) is 5.47. The van der Waals surface area contributed by atoms with Gasteiger partial charge in [0.1, 0.15) is 5.75 Å². The normalized spacial score (nSPS) is 14.2. The van der Waals surface area contributed by atoms with Crippen LogP contribution in [0, 0.1) is 0 Å². The largest absolute Gasteiger partial charge is 0.534 e. The molecule has 0 atom stereocenters. The standard InChI is InChI=1S/C23H19F3O3S/c24-23(25,26)30(27,28)29-22-15-19-12-10-16-6-8-17(9-7-16)11-13-20(22)14-21(19)18-4-2-1-3-5-18/h1-9,14-15H,10-13H2. The number of rotatable bonds is 3. The van der Waals surface area contributed by atoms with Crippen molar-refractivity contribution in [1.29, 1.82) is 0 Å². The van der Waals surface area contributed by atoms with Crippen molar-refractivity contribution in [3.8, 4) is 16.9 Å². The molecule has 0 N–H and O–H groups in total. The van der Waals surface area contributed by atoms with Crippen LogP contribution < -0.4 is 4.18 Å². The fourth-order valence-electron chi connectivity index (χ4n) is 3.63. The Kier molecular flexibility index (Phi) is 5.32. The molecule has 7 heteroatoms. The summed E-state index contributed by atoms with van der Waals surface area (Å²) in [6.07, 6.45) is 2.11. The van der Waals surface area contributed by atoms with Crippen LogP contribution in [0.15, 0.2) is 66.7 Å². The Morgan fingerprint density at radius 3 is 1.87 bits per heavy atom. The second kappa shape index (κ2) is 7.80. The molecule has 0 spiro atoms. The summed E-state index contributed by atoms with van der Waals surface area (Å²) in [4.78, 5) is 0. The topological polar surface area (TPSA) is 43.4 Å². The van der Waals surface area contributed by atoms with Gasteiger partial charge in [-0.25, -0.2) is 0 Å². The first-order valence-corrected chi connectivity index (χ1v) is 10.9. The van der Waals surface area contributed by atoms with Crippen molar-refractivity contribution in [3.63, 3.8) is 0 Å². The summed E-state index contributed by atoms with van der Waals surface area (Å²) in [5.41, 5.74) is -0.398. The van der Waals surface area contributed by atoms with Crippen LogP contribution in [0.5, 0.6) is 5.75 Å². The lowest BCUT2D eigenvalue weighted by atomic mass is 9.90. The first-order chi connectivity index (χ1) is 14.2. The van der Waals surface area contributed by atoms with Crippen LogP contribution in [0.1, 0.15) is 22.3 Å². The van der Waals surface area contributed by atoms with E-state index in [9.17, 15) is 21.6 Å². The molecular formula is C23H19F3O3S. The fraction of sp³-hybridized carbons (Fsp3) is 0.217. The highest BCUT2D eigenvalue weighted by molar-refractivity contribution is 7.88. The fourth-order valence-corrected chi connectivity index (χ4v) is 4.12. The molecule has 0 aromatic heterocycles. The summed E-state index contributed by atoms with van der Waals surface area (Å²) in [7, 11) is -5.75. The second-order valence-electron chi connectivity index (χ2n) is 7.28. The molecule has 4 aliphatic rings. The number of aryl methyl sites for hydroxylation is 4. The van der Waals surface area contributed by atoms with E-state index in [1.807, 2.05) is 42.5 Å². The van der Waals surface area contributed by atoms with Crippen molar-refractivity contribution in [1.82, 2.24) is 0 Å². The minimum atomic E-state index is -5.75. The van der Waals surface area contributed by atoms with E-state index >= 15 is 0 Å². The van der Waals surface area contributed by atoms with Gasteiger partial charge in [-0.1, -0.05) is 54.6 Å². The van der Waals surface area contributed by atoms with Crippen LogP contribution in [0.4, 0.5) is 13.2 Å². The van der Waals surface area contributed by atoms with E-state index in [0.717, 1.165) is 27.8 Å². The minimum absolute atomic E-state index is 0.253. The van der Waals surface area contributed by atoms with Crippen LogP contribution in [0.3, 0.4) is 0 Å². The van der Waals surface area contributed by atoms with Gasteiger partial charge in [-0.2, -0.15) is 21.6 Å². The van der Waals surface area contributed by atoms with Gasteiger partial charge < -0.3 is 4.18 Å². The number of hydrogen-bond donors (Lipinski definition) is 0. The highest BCUT2D eigenvalue weighted by atomic mass is 32.2. The van der Waals surface area contributed by atoms with E-state index < -0.39 is 15.6 Å². The van der Waals surface area contributed by atoms with E-state index in [1.54, 1.807) is 6.07 Å². The highest BCUT2D eigenvalue weighted by Crippen LogP contribution is 2.36. The lowest BCUT2D eigenvalue weighted by Crippen LogP contribution is -2.28. The zero-order valence-electron chi connectivity index (χ0n) is 15.9. The van der Waals surface area contributed by atoms with Crippen molar-refractivity contribution in [3.05, 3.63) is 89.0 Å². The Labute approximate surface area is 173 Å². The number of alkyl halides is 3. The van der Waals surface area contributed by atoms with Crippen LogP contribution >= 0.6 is 0 Å². The highest BCUT2D eigenvalue weighted by Gasteiger charge is 2.48. The van der Waals surface area contributed by atoms with Gasteiger partial charge in [-0.05, 0) is 71.2 Å². The predicted molar refractivity (Wildman–Crippen MR) is 109 cm³/mol. The Balaban J connectivity index is 1.86. The molecule has 0 fully saturated rings. The van der Waals surface area contributed by atoms with E-state index in [0.29, 0.717) is 31.2 Å². The molecule has 156 valence electrons. The molecule has 7 rings (SSSR count). The van der Waals surface area contributed by atoms with E-state index in [4.69, 9.17) is 0 Å². The average molecular weight is 432 g/mol. The van der Waals surface area contributed by atoms with Gasteiger partial charge in [-0.15, -0.1) is 0 Å². The van der Waals surface area contributed by atoms with Gasteiger partial charge in [0.2, 0.25) is 0 Å². The van der Waals surface area contributed by atoms with E-state index in [2.05, 4.69) is 16.3 Å².